The van der Waals surface area contributed by atoms with Gasteiger partial charge in [0.05, 0.1) is 6.61 Å². The number of anilines is 1. The van der Waals surface area contributed by atoms with Gasteiger partial charge in [0.1, 0.15) is 11.4 Å². The van der Waals surface area contributed by atoms with E-state index in [0.717, 1.165) is 6.07 Å². The van der Waals surface area contributed by atoms with Crippen molar-refractivity contribution in [2.24, 2.45) is 0 Å². The predicted octanol–water partition coefficient (Wildman–Crippen LogP) is 1.12. The fraction of sp³-hybridized carbons (Fsp3) is 0.417. The van der Waals surface area contributed by atoms with Gasteiger partial charge >= 0.3 is 5.97 Å². The number of rotatable bonds is 6. The second-order valence-corrected chi connectivity index (χ2v) is 5.96. The van der Waals surface area contributed by atoms with E-state index >= 15 is 0 Å². The van der Waals surface area contributed by atoms with E-state index in [1.54, 1.807) is 6.92 Å². The van der Waals surface area contributed by atoms with E-state index in [0.29, 0.717) is 10.4 Å². The molecular formula is C12H16F2N2O4S. The molecule has 0 atom stereocenters. The minimum Gasteiger partial charge on any atom is -0.465 e. The lowest BCUT2D eigenvalue weighted by Gasteiger charge is -2.20. The van der Waals surface area contributed by atoms with Crippen molar-refractivity contribution in [2.45, 2.75) is 18.7 Å². The summed E-state index contributed by atoms with van der Waals surface area (Å²) >= 11 is 0. The average molecular weight is 322 g/mol. The van der Waals surface area contributed by atoms with Crippen molar-refractivity contribution in [1.29, 1.82) is 0 Å². The molecule has 0 aliphatic heterocycles. The average Bonchev–Trinajstić information content (AvgIpc) is 2.40. The van der Waals surface area contributed by atoms with E-state index in [1.807, 2.05) is 0 Å². The number of hydrogen-bond acceptors (Lipinski definition) is 5. The van der Waals surface area contributed by atoms with Crippen LogP contribution in [0.1, 0.15) is 13.8 Å². The van der Waals surface area contributed by atoms with Crippen molar-refractivity contribution < 1.29 is 26.7 Å². The minimum absolute atomic E-state index is 0.0811. The van der Waals surface area contributed by atoms with Crippen molar-refractivity contribution in [2.75, 3.05) is 25.4 Å². The second kappa shape index (κ2) is 6.81. The quantitative estimate of drug-likeness (QED) is 0.626. The molecule has 118 valence electrons. The number of nitrogens with zero attached hydrogens (tertiary/aromatic N) is 1. The molecule has 0 aliphatic rings. The Morgan fingerprint density at radius 1 is 1.33 bits per heavy atom. The molecular weight excluding hydrogens is 306 g/mol. The van der Waals surface area contributed by atoms with Crippen molar-refractivity contribution in [3.05, 3.63) is 23.8 Å². The van der Waals surface area contributed by atoms with Gasteiger partial charge in [0.25, 0.3) is 0 Å². The maximum absolute atomic E-state index is 13.7. The van der Waals surface area contributed by atoms with Crippen LogP contribution in [0.3, 0.4) is 0 Å². The Morgan fingerprint density at radius 2 is 1.95 bits per heavy atom. The molecule has 0 radical (unpaired) electrons. The molecule has 0 aromatic heterocycles. The van der Waals surface area contributed by atoms with Crippen LogP contribution in [0, 0.1) is 11.6 Å². The molecule has 0 saturated heterocycles. The highest BCUT2D eigenvalue weighted by atomic mass is 32.2. The van der Waals surface area contributed by atoms with Crippen LogP contribution in [-0.2, 0) is 19.6 Å². The maximum atomic E-state index is 13.7. The lowest BCUT2D eigenvalue weighted by atomic mass is 10.3. The molecule has 0 bridgehead atoms. The molecule has 1 aromatic carbocycles. The third-order valence-corrected chi connectivity index (χ3v) is 4.52. The molecule has 0 unspecified atom stereocenters. The van der Waals surface area contributed by atoms with Crippen LogP contribution >= 0.6 is 0 Å². The van der Waals surface area contributed by atoms with Crippen molar-refractivity contribution in [3.8, 4) is 0 Å². The Bertz CT molecular complexity index is 634. The van der Waals surface area contributed by atoms with Gasteiger partial charge in [-0.2, -0.15) is 4.31 Å². The molecule has 2 N–H and O–H groups in total. The summed E-state index contributed by atoms with van der Waals surface area (Å²) in [6.45, 7) is 2.39. The molecule has 0 amide bonds. The van der Waals surface area contributed by atoms with E-state index in [2.05, 4.69) is 4.74 Å². The summed E-state index contributed by atoms with van der Waals surface area (Å²) in [5, 5.41) is 0. The van der Waals surface area contributed by atoms with Gasteiger partial charge in [-0.25, -0.2) is 17.2 Å². The van der Waals surface area contributed by atoms with Crippen molar-refractivity contribution in [3.63, 3.8) is 0 Å². The number of nitrogen functional groups attached to an aromatic ring is 1. The zero-order valence-electron chi connectivity index (χ0n) is 11.6. The Balaban J connectivity index is 3.22. The molecule has 0 spiro atoms. The van der Waals surface area contributed by atoms with Crippen LogP contribution in [-0.4, -0.2) is 38.4 Å². The summed E-state index contributed by atoms with van der Waals surface area (Å²) in [6, 6.07) is 1.48. The van der Waals surface area contributed by atoms with Gasteiger partial charge in [-0.15, -0.1) is 0 Å². The summed E-state index contributed by atoms with van der Waals surface area (Å²) in [5.41, 5.74) is 5.10. The van der Waals surface area contributed by atoms with E-state index in [4.69, 9.17) is 5.73 Å². The first-order valence-corrected chi connectivity index (χ1v) is 7.58. The lowest BCUT2D eigenvalue weighted by Crippen LogP contribution is -2.36. The van der Waals surface area contributed by atoms with Crippen LogP contribution < -0.4 is 5.73 Å². The smallest absolute Gasteiger partial charge is 0.321 e. The summed E-state index contributed by atoms with van der Waals surface area (Å²) in [6.07, 6.45) is 0. The molecule has 0 aliphatic carbocycles. The summed E-state index contributed by atoms with van der Waals surface area (Å²) < 4.78 is 56.9. The Morgan fingerprint density at radius 3 is 2.48 bits per heavy atom. The third kappa shape index (κ3) is 3.88. The van der Waals surface area contributed by atoms with Crippen LogP contribution in [0.5, 0.6) is 0 Å². The van der Waals surface area contributed by atoms with E-state index in [1.165, 1.54) is 6.92 Å². The fourth-order valence-corrected chi connectivity index (χ4v) is 3.13. The van der Waals surface area contributed by atoms with Gasteiger partial charge in [-0.3, -0.25) is 4.79 Å². The van der Waals surface area contributed by atoms with E-state index in [9.17, 15) is 22.0 Å². The molecule has 0 saturated carbocycles. The number of likely N-dealkylation sites (N-methyl/N-ethyl adjacent to an activating group) is 1. The predicted molar refractivity (Wildman–Crippen MR) is 71.8 cm³/mol. The summed E-state index contributed by atoms with van der Waals surface area (Å²) in [4.78, 5) is 10.5. The number of benzene rings is 1. The van der Waals surface area contributed by atoms with Crippen molar-refractivity contribution >= 4 is 21.7 Å². The Hall–Kier alpha value is -1.74. The van der Waals surface area contributed by atoms with Gasteiger partial charge in [0.15, 0.2) is 11.6 Å². The molecule has 0 fully saturated rings. The molecule has 1 aromatic rings. The van der Waals surface area contributed by atoms with Crippen LogP contribution in [0.15, 0.2) is 17.0 Å². The highest BCUT2D eigenvalue weighted by Gasteiger charge is 2.30. The second-order valence-electron chi connectivity index (χ2n) is 4.05. The number of carbonyl (C=O) groups is 1. The summed E-state index contributed by atoms with van der Waals surface area (Å²) in [7, 11) is -4.40. The Kier molecular flexibility index (Phi) is 5.62. The molecule has 0 heterocycles. The van der Waals surface area contributed by atoms with Gasteiger partial charge < -0.3 is 10.5 Å². The standard InChI is InChI=1S/C12H16F2N2O4S/c1-3-16(7-11(17)20-4-2)21(18,19)10-6-8(15)5-9(13)12(10)14/h5-6H,3-4,7,15H2,1-2H3. The van der Waals surface area contributed by atoms with Gasteiger partial charge in [-0.1, -0.05) is 6.92 Å². The Labute approximate surface area is 121 Å². The highest BCUT2D eigenvalue weighted by Crippen LogP contribution is 2.24. The van der Waals surface area contributed by atoms with Gasteiger partial charge in [0.2, 0.25) is 10.0 Å². The minimum atomic E-state index is -4.40. The van der Waals surface area contributed by atoms with Gasteiger partial charge in [-0.05, 0) is 19.1 Å². The van der Waals surface area contributed by atoms with E-state index in [-0.39, 0.29) is 18.8 Å². The number of esters is 1. The van der Waals surface area contributed by atoms with Crippen LogP contribution in [0.25, 0.3) is 0 Å². The zero-order valence-corrected chi connectivity index (χ0v) is 12.4. The van der Waals surface area contributed by atoms with Gasteiger partial charge in [0, 0.05) is 12.2 Å². The number of ether oxygens (including phenoxy) is 1. The van der Waals surface area contributed by atoms with E-state index < -0.39 is 39.1 Å². The topological polar surface area (TPSA) is 89.7 Å². The normalized spacial score (nSPS) is 11.7. The molecule has 1 rings (SSSR count). The maximum Gasteiger partial charge on any atom is 0.321 e. The number of nitrogens with two attached hydrogens (primary N) is 1. The fourth-order valence-electron chi connectivity index (χ4n) is 1.63. The van der Waals surface area contributed by atoms with Crippen molar-refractivity contribution in [1.82, 2.24) is 4.31 Å². The summed E-state index contributed by atoms with van der Waals surface area (Å²) in [5.74, 6) is -3.69. The van der Waals surface area contributed by atoms with Crippen LogP contribution in [0.4, 0.5) is 14.5 Å². The lowest BCUT2D eigenvalue weighted by molar-refractivity contribution is -0.143. The first-order chi connectivity index (χ1) is 9.73. The number of carbonyl (C=O) groups excluding carboxylic acids is 1. The molecule has 9 heteroatoms. The highest BCUT2D eigenvalue weighted by molar-refractivity contribution is 7.89. The number of hydrogen-bond donors (Lipinski definition) is 1. The largest absolute Gasteiger partial charge is 0.465 e. The molecule has 6 nitrogen and oxygen atoms in total. The first-order valence-electron chi connectivity index (χ1n) is 6.14. The third-order valence-electron chi connectivity index (χ3n) is 2.60. The molecule has 21 heavy (non-hydrogen) atoms. The first kappa shape index (κ1) is 17.3. The van der Waals surface area contributed by atoms with Crippen LogP contribution in [0.2, 0.25) is 0 Å². The monoisotopic (exact) mass is 322 g/mol. The number of halogens is 2. The SMILES string of the molecule is CCOC(=O)CN(CC)S(=O)(=O)c1cc(N)cc(F)c1F. The zero-order chi connectivity index (χ0) is 16.2. The number of sulfonamides is 1.